The Hall–Kier alpha value is -2.26. The zero-order valence-corrected chi connectivity index (χ0v) is 15.3. The van der Waals surface area contributed by atoms with Gasteiger partial charge in [-0.1, -0.05) is 19.4 Å². The molecule has 0 aromatic heterocycles. The minimum Gasteiger partial charge on any atom is -0.277 e. The van der Waals surface area contributed by atoms with Crippen LogP contribution in [0.3, 0.4) is 0 Å². The highest BCUT2D eigenvalue weighted by Gasteiger charge is 2.27. The molecule has 0 bridgehead atoms. The van der Waals surface area contributed by atoms with Crippen molar-refractivity contribution in [3.63, 3.8) is 0 Å². The molecule has 8 nitrogen and oxygen atoms in total. The third kappa shape index (κ3) is 4.23. The number of rotatable bonds is 7. The van der Waals surface area contributed by atoms with Crippen molar-refractivity contribution in [1.82, 2.24) is 4.31 Å². The van der Waals surface area contributed by atoms with Gasteiger partial charge in [0.25, 0.3) is 5.69 Å². The highest BCUT2D eigenvalue weighted by atomic mass is 32.2. The molecule has 1 N–H and O–H groups in total. The Morgan fingerprint density at radius 3 is 2.48 bits per heavy atom. The van der Waals surface area contributed by atoms with E-state index < -0.39 is 14.9 Å². The summed E-state index contributed by atoms with van der Waals surface area (Å²) in [6.45, 7) is 6.00. The standard InChI is InChI=1S/C16H22N4O4S/c1-4-19(5-2)25(23,24)16-11-14(20(21)22)8-9-15(16)18-17-13-7-6-12(3)10-13/h8-11,18H,4-7H2,1-3H3/b17-13-. The molecule has 0 fully saturated rings. The summed E-state index contributed by atoms with van der Waals surface area (Å²) >= 11 is 0. The van der Waals surface area contributed by atoms with Crippen LogP contribution in [-0.4, -0.2) is 36.4 Å². The van der Waals surface area contributed by atoms with E-state index in [9.17, 15) is 18.5 Å². The molecule has 0 spiro atoms. The van der Waals surface area contributed by atoms with Gasteiger partial charge in [0.05, 0.1) is 16.3 Å². The Balaban J connectivity index is 2.47. The second-order valence-corrected chi connectivity index (χ2v) is 7.64. The summed E-state index contributed by atoms with van der Waals surface area (Å²) in [7, 11) is -3.86. The smallest absolute Gasteiger partial charge is 0.270 e. The van der Waals surface area contributed by atoms with Crippen molar-refractivity contribution in [2.75, 3.05) is 18.5 Å². The maximum absolute atomic E-state index is 12.8. The third-order valence-electron chi connectivity index (χ3n) is 4.01. The molecular weight excluding hydrogens is 344 g/mol. The summed E-state index contributed by atoms with van der Waals surface area (Å²) in [6.07, 6.45) is 3.65. The van der Waals surface area contributed by atoms with E-state index in [2.05, 4.69) is 10.5 Å². The molecule has 9 heteroatoms. The Bertz CT molecular complexity index is 827. The first-order valence-electron chi connectivity index (χ1n) is 8.08. The van der Waals surface area contributed by atoms with E-state index in [0.717, 1.165) is 24.6 Å². The molecule has 25 heavy (non-hydrogen) atoms. The summed E-state index contributed by atoms with van der Waals surface area (Å²) in [6, 6.07) is 3.72. The Morgan fingerprint density at radius 1 is 1.28 bits per heavy atom. The van der Waals surface area contributed by atoms with Crippen LogP contribution in [0, 0.1) is 10.1 Å². The molecule has 0 atom stereocenters. The largest absolute Gasteiger partial charge is 0.277 e. The SMILES string of the molecule is CCN(CC)S(=O)(=O)c1cc([N+](=O)[O-])ccc1N/N=C1\C=C(C)CC1. The van der Waals surface area contributed by atoms with Crippen LogP contribution in [0.4, 0.5) is 11.4 Å². The van der Waals surface area contributed by atoms with Gasteiger partial charge in [0, 0.05) is 25.2 Å². The van der Waals surface area contributed by atoms with Crippen molar-refractivity contribution in [2.24, 2.45) is 5.10 Å². The molecule has 0 saturated carbocycles. The van der Waals surface area contributed by atoms with Crippen LogP contribution in [0.15, 0.2) is 39.8 Å². The number of nitrogens with one attached hydrogen (secondary N) is 1. The molecular formula is C16H22N4O4S. The summed E-state index contributed by atoms with van der Waals surface area (Å²) in [5.41, 5.74) is 4.74. The summed E-state index contributed by atoms with van der Waals surface area (Å²) in [5, 5.41) is 15.3. The molecule has 0 heterocycles. The molecule has 0 amide bonds. The van der Waals surface area contributed by atoms with E-state index in [1.165, 1.54) is 22.0 Å². The van der Waals surface area contributed by atoms with Crippen LogP contribution in [-0.2, 0) is 10.0 Å². The van der Waals surface area contributed by atoms with Gasteiger partial charge in [-0.25, -0.2) is 8.42 Å². The van der Waals surface area contributed by atoms with E-state index in [4.69, 9.17) is 0 Å². The quantitative estimate of drug-likeness (QED) is 0.589. The van der Waals surface area contributed by atoms with Gasteiger partial charge in [0.2, 0.25) is 10.0 Å². The van der Waals surface area contributed by atoms with E-state index >= 15 is 0 Å². The van der Waals surface area contributed by atoms with E-state index in [0.29, 0.717) is 0 Å². The van der Waals surface area contributed by atoms with Crippen LogP contribution < -0.4 is 5.43 Å². The van der Waals surface area contributed by atoms with Gasteiger partial charge < -0.3 is 0 Å². The maximum atomic E-state index is 12.8. The van der Waals surface area contributed by atoms with Crippen molar-refractivity contribution in [2.45, 2.75) is 38.5 Å². The lowest BCUT2D eigenvalue weighted by Crippen LogP contribution is -2.31. The predicted octanol–water partition coefficient (Wildman–Crippen LogP) is 3.13. The molecule has 0 aliphatic heterocycles. The minimum atomic E-state index is -3.86. The zero-order chi connectivity index (χ0) is 18.6. The van der Waals surface area contributed by atoms with Gasteiger partial charge in [-0.15, -0.1) is 0 Å². The number of nitrogens with zero attached hydrogens (tertiary/aromatic N) is 3. The third-order valence-corrected chi connectivity index (χ3v) is 6.10. The lowest BCUT2D eigenvalue weighted by Gasteiger charge is -2.20. The van der Waals surface area contributed by atoms with Crippen LogP contribution in [0.1, 0.15) is 33.6 Å². The van der Waals surface area contributed by atoms with Crippen molar-refractivity contribution >= 4 is 27.1 Å². The minimum absolute atomic E-state index is 0.145. The fraction of sp³-hybridized carbons (Fsp3) is 0.438. The first-order valence-corrected chi connectivity index (χ1v) is 9.52. The second-order valence-electron chi connectivity index (χ2n) is 5.73. The molecule has 1 aliphatic carbocycles. The molecule has 0 radical (unpaired) electrons. The number of anilines is 1. The number of sulfonamides is 1. The van der Waals surface area contributed by atoms with Gasteiger partial charge >= 0.3 is 0 Å². The second kappa shape index (κ2) is 7.75. The first-order chi connectivity index (χ1) is 11.8. The number of non-ortho nitro benzene ring substituents is 1. The number of hydrogen-bond donors (Lipinski definition) is 1. The number of hydrogen-bond acceptors (Lipinski definition) is 6. The molecule has 0 saturated heterocycles. The van der Waals surface area contributed by atoms with Gasteiger partial charge in [-0.05, 0) is 31.9 Å². The van der Waals surface area contributed by atoms with Crippen molar-refractivity contribution in [1.29, 1.82) is 0 Å². The lowest BCUT2D eigenvalue weighted by molar-refractivity contribution is -0.385. The molecule has 136 valence electrons. The Morgan fingerprint density at radius 2 is 1.96 bits per heavy atom. The average Bonchev–Trinajstić information content (AvgIpc) is 2.99. The highest BCUT2D eigenvalue weighted by molar-refractivity contribution is 7.89. The van der Waals surface area contributed by atoms with Gasteiger partial charge in [0.15, 0.2) is 0 Å². The zero-order valence-electron chi connectivity index (χ0n) is 14.5. The van der Waals surface area contributed by atoms with Crippen molar-refractivity contribution in [3.8, 4) is 0 Å². The fourth-order valence-corrected chi connectivity index (χ4v) is 4.23. The number of nitro benzene ring substituents is 1. The van der Waals surface area contributed by atoms with Crippen molar-refractivity contribution < 1.29 is 13.3 Å². The van der Waals surface area contributed by atoms with Crippen LogP contribution in [0.5, 0.6) is 0 Å². The monoisotopic (exact) mass is 366 g/mol. The fourth-order valence-electron chi connectivity index (χ4n) is 2.61. The van der Waals surface area contributed by atoms with Crippen LogP contribution in [0.25, 0.3) is 0 Å². The Kier molecular flexibility index (Phi) is 5.91. The molecule has 1 aromatic rings. The number of benzene rings is 1. The topological polar surface area (TPSA) is 105 Å². The van der Waals surface area contributed by atoms with E-state index in [1.807, 2.05) is 13.0 Å². The predicted molar refractivity (Wildman–Crippen MR) is 97.3 cm³/mol. The van der Waals surface area contributed by atoms with E-state index in [1.54, 1.807) is 13.8 Å². The number of hydrazone groups is 1. The van der Waals surface area contributed by atoms with Crippen LogP contribution in [0.2, 0.25) is 0 Å². The van der Waals surface area contributed by atoms with Gasteiger partial charge in [-0.2, -0.15) is 9.41 Å². The molecule has 1 aliphatic rings. The molecule has 2 rings (SSSR count). The van der Waals surface area contributed by atoms with Crippen LogP contribution >= 0.6 is 0 Å². The summed E-state index contributed by atoms with van der Waals surface area (Å²) < 4.78 is 26.9. The first kappa shape index (κ1) is 19.1. The summed E-state index contributed by atoms with van der Waals surface area (Å²) in [5.74, 6) is 0. The number of allylic oxidation sites excluding steroid dienone is 2. The molecule has 1 aromatic carbocycles. The number of nitro groups is 1. The maximum Gasteiger partial charge on any atom is 0.270 e. The lowest BCUT2D eigenvalue weighted by atomic mass is 10.3. The Labute approximate surface area is 147 Å². The summed E-state index contributed by atoms with van der Waals surface area (Å²) in [4.78, 5) is 10.3. The highest BCUT2D eigenvalue weighted by Crippen LogP contribution is 2.29. The van der Waals surface area contributed by atoms with E-state index in [-0.39, 0.29) is 29.4 Å². The normalized spacial score (nSPS) is 16.3. The van der Waals surface area contributed by atoms with Gasteiger partial charge in [0.1, 0.15) is 4.90 Å². The van der Waals surface area contributed by atoms with Crippen molar-refractivity contribution in [3.05, 3.63) is 40.0 Å². The van der Waals surface area contributed by atoms with Gasteiger partial charge in [-0.3, -0.25) is 15.5 Å². The molecule has 0 unspecified atom stereocenters. The average molecular weight is 366 g/mol.